The average molecular weight is 269 g/mol. The lowest BCUT2D eigenvalue weighted by atomic mass is 10.5. The molecule has 0 bridgehead atoms. The van der Waals surface area contributed by atoms with Crippen LogP contribution in [0.1, 0.15) is 0 Å². The lowest BCUT2D eigenvalue weighted by Gasteiger charge is -2.19. The number of carbonyl (C=O) groups is 1. The van der Waals surface area contributed by atoms with Crippen molar-refractivity contribution in [3.05, 3.63) is 24.3 Å². The van der Waals surface area contributed by atoms with Gasteiger partial charge in [0, 0.05) is 5.41 Å². The van der Waals surface area contributed by atoms with Crippen LogP contribution in [0.3, 0.4) is 0 Å². The van der Waals surface area contributed by atoms with Crippen molar-refractivity contribution in [1.82, 2.24) is 3.71 Å². The second-order valence-corrected chi connectivity index (χ2v) is 6.40. The SMILES string of the molecule is C=CS(=O)(=O)N(C(=C)C(=O)OC)S(C)(=O)=O. The smallest absolute Gasteiger partial charge is 0.355 e. The first-order valence-corrected chi connectivity index (χ1v) is 7.08. The van der Waals surface area contributed by atoms with E-state index in [1.165, 1.54) is 0 Å². The van der Waals surface area contributed by atoms with E-state index < -0.39 is 31.7 Å². The van der Waals surface area contributed by atoms with Crippen molar-refractivity contribution >= 4 is 26.0 Å². The molecule has 0 aliphatic rings. The number of hydrogen-bond acceptors (Lipinski definition) is 6. The van der Waals surface area contributed by atoms with E-state index >= 15 is 0 Å². The fraction of sp³-hybridized carbons (Fsp3) is 0.286. The molecule has 0 fully saturated rings. The van der Waals surface area contributed by atoms with E-state index in [1.807, 2.05) is 0 Å². The third kappa shape index (κ3) is 3.07. The van der Waals surface area contributed by atoms with Crippen molar-refractivity contribution in [3.63, 3.8) is 0 Å². The standard InChI is InChI=1S/C7H11NO6S2/c1-5-16(12,13)8(15(4,10)11)6(2)7(9)14-3/h5H,1-2H2,3-4H3. The van der Waals surface area contributed by atoms with Crippen LogP contribution in [0.4, 0.5) is 0 Å². The Hall–Kier alpha value is -1.35. The zero-order valence-electron chi connectivity index (χ0n) is 8.70. The number of sulfonamides is 2. The highest BCUT2D eigenvalue weighted by atomic mass is 32.3. The molecule has 0 aromatic heterocycles. The third-order valence-corrected chi connectivity index (χ3v) is 4.75. The van der Waals surface area contributed by atoms with Gasteiger partial charge in [0.1, 0.15) is 5.70 Å². The minimum atomic E-state index is -4.36. The molecule has 0 N–H and O–H groups in total. The number of nitrogens with zero attached hydrogens (tertiary/aromatic N) is 1. The molecule has 0 rings (SSSR count). The molecule has 0 radical (unpaired) electrons. The van der Waals surface area contributed by atoms with E-state index in [4.69, 9.17) is 0 Å². The average Bonchev–Trinajstić information content (AvgIpc) is 2.13. The predicted molar refractivity (Wildman–Crippen MR) is 57.0 cm³/mol. The van der Waals surface area contributed by atoms with Gasteiger partial charge >= 0.3 is 5.97 Å². The van der Waals surface area contributed by atoms with E-state index in [2.05, 4.69) is 17.9 Å². The van der Waals surface area contributed by atoms with Crippen LogP contribution < -0.4 is 0 Å². The Morgan fingerprint density at radius 3 is 2.00 bits per heavy atom. The number of esters is 1. The Balaban J connectivity index is 5.76. The van der Waals surface area contributed by atoms with E-state index in [-0.39, 0.29) is 3.71 Å². The first kappa shape index (κ1) is 14.6. The fourth-order valence-corrected chi connectivity index (χ4v) is 3.49. The maximum Gasteiger partial charge on any atom is 0.355 e. The van der Waals surface area contributed by atoms with Crippen molar-refractivity contribution in [3.8, 4) is 0 Å². The molecule has 16 heavy (non-hydrogen) atoms. The minimum Gasteiger partial charge on any atom is -0.464 e. The molecule has 0 saturated carbocycles. The van der Waals surface area contributed by atoms with Gasteiger partial charge in [0.25, 0.3) is 10.0 Å². The molecule has 0 saturated heterocycles. The van der Waals surface area contributed by atoms with Crippen LogP contribution in [0.2, 0.25) is 0 Å². The first-order chi connectivity index (χ1) is 7.07. The van der Waals surface area contributed by atoms with Crippen molar-refractivity contribution in [2.24, 2.45) is 0 Å². The van der Waals surface area contributed by atoms with Gasteiger partial charge in [0.2, 0.25) is 10.0 Å². The molecule has 0 aromatic rings. The highest BCUT2D eigenvalue weighted by molar-refractivity contribution is 8.05. The maximum atomic E-state index is 11.4. The molecular formula is C7H11NO6S2. The Morgan fingerprint density at radius 1 is 1.31 bits per heavy atom. The monoisotopic (exact) mass is 269 g/mol. The van der Waals surface area contributed by atoms with Crippen LogP contribution >= 0.6 is 0 Å². The van der Waals surface area contributed by atoms with E-state index in [1.54, 1.807) is 0 Å². The molecule has 92 valence electrons. The largest absolute Gasteiger partial charge is 0.464 e. The third-order valence-electron chi connectivity index (χ3n) is 1.38. The maximum absolute atomic E-state index is 11.4. The van der Waals surface area contributed by atoms with E-state index in [0.29, 0.717) is 11.7 Å². The second kappa shape index (κ2) is 4.66. The lowest BCUT2D eigenvalue weighted by Crippen LogP contribution is -2.36. The summed E-state index contributed by atoms with van der Waals surface area (Å²) in [6.07, 6.45) is 0.613. The van der Waals surface area contributed by atoms with Crippen LogP contribution in [0, 0.1) is 0 Å². The van der Waals surface area contributed by atoms with E-state index in [0.717, 1.165) is 7.11 Å². The van der Waals surface area contributed by atoms with Gasteiger partial charge in [-0.2, -0.15) is 3.71 Å². The quantitative estimate of drug-likeness (QED) is 0.488. The topological polar surface area (TPSA) is 97.8 Å². The summed E-state index contributed by atoms with van der Waals surface area (Å²) in [5.74, 6) is -1.17. The van der Waals surface area contributed by atoms with Crippen LogP contribution in [0.25, 0.3) is 0 Å². The summed E-state index contributed by atoms with van der Waals surface area (Å²) in [7, 11) is -7.61. The molecule has 0 aliphatic heterocycles. The van der Waals surface area contributed by atoms with Gasteiger partial charge < -0.3 is 4.74 Å². The van der Waals surface area contributed by atoms with Gasteiger partial charge in [0.15, 0.2) is 0 Å². The van der Waals surface area contributed by atoms with Gasteiger partial charge in [-0.1, -0.05) is 13.2 Å². The summed E-state index contributed by atoms with van der Waals surface area (Å²) < 4.78 is 49.2. The highest BCUT2D eigenvalue weighted by Gasteiger charge is 2.33. The van der Waals surface area contributed by atoms with Crippen LogP contribution in [-0.2, 0) is 29.6 Å². The number of hydrogen-bond donors (Lipinski definition) is 0. The van der Waals surface area contributed by atoms with Gasteiger partial charge in [-0.05, 0) is 0 Å². The number of carbonyl (C=O) groups excluding carboxylic acids is 1. The van der Waals surface area contributed by atoms with Gasteiger partial charge in [0.05, 0.1) is 13.4 Å². The first-order valence-electron chi connectivity index (χ1n) is 3.73. The normalized spacial score (nSPS) is 11.6. The molecule has 0 unspecified atom stereocenters. The zero-order valence-corrected chi connectivity index (χ0v) is 10.3. The molecule has 0 heterocycles. The molecular weight excluding hydrogens is 258 g/mol. The van der Waals surface area contributed by atoms with Crippen molar-refractivity contribution in [2.45, 2.75) is 0 Å². The molecule has 0 spiro atoms. The number of rotatable bonds is 5. The summed E-state index contributed by atoms with van der Waals surface area (Å²) in [5, 5.41) is 0.391. The zero-order chi connectivity index (χ0) is 13.1. The molecule has 7 nitrogen and oxygen atoms in total. The van der Waals surface area contributed by atoms with E-state index in [9.17, 15) is 21.6 Å². The van der Waals surface area contributed by atoms with Gasteiger partial charge in [-0.3, -0.25) is 0 Å². The van der Waals surface area contributed by atoms with Crippen molar-refractivity contribution in [1.29, 1.82) is 0 Å². The number of methoxy groups -OCH3 is 1. The Kier molecular flexibility index (Phi) is 4.27. The lowest BCUT2D eigenvalue weighted by molar-refractivity contribution is -0.136. The summed E-state index contributed by atoms with van der Waals surface area (Å²) in [4.78, 5) is 11.0. The number of ether oxygens (including phenoxy) is 1. The molecule has 0 aliphatic carbocycles. The Morgan fingerprint density at radius 2 is 1.75 bits per heavy atom. The summed E-state index contributed by atoms with van der Waals surface area (Å²) >= 11 is 0. The predicted octanol–water partition coefficient (Wildman–Crippen LogP) is -0.592. The van der Waals surface area contributed by atoms with Crippen LogP contribution in [-0.4, -0.2) is 39.9 Å². The molecule has 0 aromatic carbocycles. The van der Waals surface area contributed by atoms with Gasteiger partial charge in [-0.25, -0.2) is 21.6 Å². The molecule has 0 amide bonds. The fourth-order valence-electron chi connectivity index (χ4n) is 0.803. The highest BCUT2D eigenvalue weighted by Crippen LogP contribution is 2.16. The van der Waals surface area contributed by atoms with Crippen molar-refractivity contribution < 1.29 is 26.4 Å². The summed E-state index contributed by atoms with van der Waals surface area (Å²) in [5.41, 5.74) is -0.829. The Bertz CT molecular complexity index is 515. The Labute approximate surface area is 94.1 Å². The summed E-state index contributed by atoms with van der Waals surface area (Å²) in [6.45, 7) is 6.00. The van der Waals surface area contributed by atoms with Crippen molar-refractivity contribution in [2.75, 3.05) is 13.4 Å². The summed E-state index contributed by atoms with van der Waals surface area (Å²) in [6, 6.07) is 0. The minimum absolute atomic E-state index is 0.140. The van der Waals surface area contributed by atoms with Gasteiger partial charge in [-0.15, -0.1) is 0 Å². The molecule has 9 heteroatoms. The second-order valence-electron chi connectivity index (χ2n) is 2.61. The van der Waals surface area contributed by atoms with Crippen LogP contribution in [0.5, 0.6) is 0 Å². The van der Waals surface area contributed by atoms with Crippen LogP contribution in [0.15, 0.2) is 24.3 Å². The molecule has 0 atom stereocenters.